The first-order valence-electron chi connectivity index (χ1n) is 6.21. The van der Waals surface area contributed by atoms with E-state index in [0.717, 1.165) is 11.1 Å². The second-order valence-electron chi connectivity index (χ2n) is 4.31. The number of aliphatic carboxylic acids is 1. The number of carboxylic acid groups (broad SMARTS) is 1. The number of nitrogens with zero attached hydrogens (tertiary/aromatic N) is 1. The van der Waals surface area contributed by atoms with Gasteiger partial charge in [0, 0.05) is 18.9 Å². The third-order valence-corrected chi connectivity index (χ3v) is 2.77. The normalized spacial score (nSPS) is 11.7. The Hall–Kier alpha value is -2.11. The SMILES string of the molecule is CCC[C@@H](NC(=O)NCc1cnccc1C)C(=O)O. The molecule has 0 unspecified atom stereocenters. The second kappa shape index (κ2) is 7.35. The average molecular weight is 265 g/mol. The molecule has 0 spiro atoms. The van der Waals surface area contributed by atoms with Crippen molar-refractivity contribution in [1.29, 1.82) is 0 Å². The second-order valence-corrected chi connectivity index (χ2v) is 4.31. The standard InChI is InChI=1S/C13H19N3O3/c1-3-4-11(12(17)18)16-13(19)15-8-10-7-14-6-5-9(10)2/h5-7,11H,3-4,8H2,1-2H3,(H,17,18)(H2,15,16,19)/t11-/m1/s1. The van der Waals surface area contributed by atoms with E-state index < -0.39 is 18.0 Å². The fourth-order valence-corrected chi connectivity index (χ4v) is 1.61. The van der Waals surface area contributed by atoms with Crippen molar-refractivity contribution in [3.05, 3.63) is 29.6 Å². The predicted molar refractivity (Wildman–Crippen MR) is 70.7 cm³/mol. The fraction of sp³-hybridized carbons (Fsp3) is 0.462. The maximum absolute atomic E-state index is 11.6. The fourth-order valence-electron chi connectivity index (χ4n) is 1.61. The molecule has 1 atom stereocenters. The Kier molecular flexibility index (Phi) is 5.78. The number of urea groups is 1. The van der Waals surface area contributed by atoms with Crippen molar-refractivity contribution < 1.29 is 14.7 Å². The van der Waals surface area contributed by atoms with Gasteiger partial charge in [0.25, 0.3) is 0 Å². The molecule has 1 aromatic heterocycles. The Morgan fingerprint density at radius 1 is 1.47 bits per heavy atom. The van der Waals surface area contributed by atoms with Crippen LogP contribution in [0.25, 0.3) is 0 Å². The Morgan fingerprint density at radius 2 is 2.21 bits per heavy atom. The summed E-state index contributed by atoms with van der Waals surface area (Å²) in [6.45, 7) is 4.12. The first kappa shape index (κ1) is 14.9. The number of hydrogen-bond acceptors (Lipinski definition) is 3. The van der Waals surface area contributed by atoms with Crippen LogP contribution in [0.5, 0.6) is 0 Å². The smallest absolute Gasteiger partial charge is 0.326 e. The van der Waals surface area contributed by atoms with Crippen molar-refractivity contribution in [2.75, 3.05) is 0 Å². The van der Waals surface area contributed by atoms with Gasteiger partial charge in [-0.25, -0.2) is 9.59 Å². The monoisotopic (exact) mass is 265 g/mol. The summed E-state index contributed by atoms with van der Waals surface area (Å²) in [7, 11) is 0. The highest BCUT2D eigenvalue weighted by Gasteiger charge is 2.18. The lowest BCUT2D eigenvalue weighted by molar-refractivity contribution is -0.139. The molecule has 1 rings (SSSR count). The van der Waals surface area contributed by atoms with Crippen LogP contribution in [0.2, 0.25) is 0 Å². The van der Waals surface area contributed by atoms with Crippen LogP contribution in [-0.4, -0.2) is 28.1 Å². The summed E-state index contributed by atoms with van der Waals surface area (Å²) >= 11 is 0. The van der Waals surface area contributed by atoms with E-state index in [1.807, 2.05) is 19.9 Å². The minimum atomic E-state index is -1.02. The van der Waals surface area contributed by atoms with E-state index in [0.29, 0.717) is 19.4 Å². The molecule has 6 heteroatoms. The molecule has 104 valence electrons. The van der Waals surface area contributed by atoms with Crippen LogP contribution >= 0.6 is 0 Å². The molecule has 0 aliphatic rings. The van der Waals surface area contributed by atoms with Gasteiger partial charge in [-0.15, -0.1) is 0 Å². The van der Waals surface area contributed by atoms with Gasteiger partial charge in [-0.2, -0.15) is 0 Å². The maximum atomic E-state index is 11.6. The first-order chi connectivity index (χ1) is 9.04. The molecule has 1 aromatic rings. The van der Waals surface area contributed by atoms with Gasteiger partial charge in [-0.1, -0.05) is 13.3 Å². The zero-order valence-electron chi connectivity index (χ0n) is 11.1. The van der Waals surface area contributed by atoms with E-state index >= 15 is 0 Å². The van der Waals surface area contributed by atoms with Gasteiger partial charge in [-0.05, 0) is 30.5 Å². The van der Waals surface area contributed by atoms with Crippen molar-refractivity contribution >= 4 is 12.0 Å². The molecule has 0 saturated carbocycles. The van der Waals surface area contributed by atoms with Gasteiger partial charge in [0.15, 0.2) is 0 Å². The number of hydrogen-bond donors (Lipinski definition) is 3. The molecular formula is C13H19N3O3. The van der Waals surface area contributed by atoms with Gasteiger partial charge < -0.3 is 15.7 Å². The molecule has 0 aromatic carbocycles. The van der Waals surface area contributed by atoms with Crippen LogP contribution in [0.15, 0.2) is 18.5 Å². The number of aryl methyl sites for hydroxylation is 1. The van der Waals surface area contributed by atoms with E-state index in [4.69, 9.17) is 5.11 Å². The Morgan fingerprint density at radius 3 is 2.79 bits per heavy atom. The zero-order valence-corrected chi connectivity index (χ0v) is 11.1. The molecule has 0 radical (unpaired) electrons. The first-order valence-corrected chi connectivity index (χ1v) is 6.21. The molecule has 0 bridgehead atoms. The number of carbonyl (C=O) groups is 2. The van der Waals surface area contributed by atoms with Gasteiger partial charge >= 0.3 is 12.0 Å². The van der Waals surface area contributed by atoms with Crippen LogP contribution < -0.4 is 10.6 Å². The van der Waals surface area contributed by atoms with Gasteiger partial charge in [0.2, 0.25) is 0 Å². The van der Waals surface area contributed by atoms with E-state index in [-0.39, 0.29) is 0 Å². The van der Waals surface area contributed by atoms with E-state index in [1.165, 1.54) is 0 Å². The third kappa shape index (κ3) is 4.95. The van der Waals surface area contributed by atoms with Crippen molar-refractivity contribution in [2.45, 2.75) is 39.3 Å². The van der Waals surface area contributed by atoms with Crippen molar-refractivity contribution in [2.24, 2.45) is 0 Å². The summed E-state index contributed by atoms with van der Waals surface area (Å²) in [5, 5.41) is 14.0. The zero-order chi connectivity index (χ0) is 14.3. The number of carboxylic acids is 1. The highest BCUT2D eigenvalue weighted by molar-refractivity contribution is 5.82. The quantitative estimate of drug-likeness (QED) is 0.726. The Bertz CT molecular complexity index is 449. The number of aromatic nitrogens is 1. The number of nitrogens with one attached hydrogen (secondary N) is 2. The van der Waals surface area contributed by atoms with Crippen molar-refractivity contribution in [1.82, 2.24) is 15.6 Å². The van der Waals surface area contributed by atoms with Crippen LogP contribution in [0.4, 0.5) is 4.79 Å². The molecule has 0 fully saturated rings. The van der Waals surface area contributed by atoms with Gasteiger partial charge in [0.1, 0.15) is 6.04 Å². The van der Waals surface area contributed by atoms with Crippen LogP contribution in [0.3, 0.4) is 0 Å². The topological polar surface area (TPSA) is 91.3 Å². The summed E-state index contributed by atoms with van der Waals surface area (Å²) in [5.41, 5.74) is 1.93. The molecule has 6 nitrogen and oxygen atoms in total. The minimum Gasteiger partial charge on any atom is -0.480 e. The lowest BCUT2D eigenvalue weighted by Crippen LogP contribution is -2.45. The molecule has 0 aliphatic carbocycles. The number of rotatable bonds is 6. The summed E-state index contributed by atoms with van der Waals surface area (Å²) in [6.07, 6.45) is 4.46. The molecule has 1 heterocycles. The van der Waals surface area contributed by atoms with Crippen molar-refractivity contribution in [3.8, 4) is 0 Å². The highest BCUT2D eigenvalue weighted by atomic mass is 16.4. The molecule has 0 aliphatic heterocycles. The lowest BCUT2D eigenvalue weighted by atomic mass is 10.1. The summed E-state index contributed by atoms with van der Waals surface area (Å²) in [4.78, 5) is 26.5. The maximum Gasteiger partial charge on any atom is 0.326 e. The molecular weight excluding hydrogens is 246 g/mol. The predicted octanol–water partition coefficient (Wildman–Crippen LogP) is 1.44. The van der Waals surface area contributed by atoms with Crippen LogP contribution in [-0.2, 0) is 11.3 Å². The highest BCUT2D eigenvalue weighted by Crippen LogP contribution is 2.04. The summed E-state index contributed by atoms with van der Waals surface area (Å²) < 4.78 is 0. The third-order valence-electron chi connectivity index (χ3n) is 2.77. The van der Waals surface area contributed by atoms with E-state index in [1.54, 1.807) is 12.4 Å². The number of carbonyl (C=O) groups excluding carboxylic acids is 1. The molecule has 2 amide bonds. The summed E-state index contributed by atoms with van der Waals surface area (Å²) in [5.74, 6) is -1.02. The summed E-state index contributed by atoms with van der Waals surface area (Å²) in [6, 6.07) is 0.524. The molecule has 3 N–H and O–H groups in total. The van der Waals surface area contributed by atoms with Crippen molar-refractivity contribution in [3.63, 3.8) is 0 Å². The molecule has 0 saturated heterocycles. The number of amides is 2. The molecule has 19 heavy (non-hydrogen) atoms. The van der Waals surface area contributed by atoms with Gasteiger partial charge in [-0.3, -0.25) is 4.98 Å². The van der Waals surface area contributed by atoms with Crippen LogP contribution in [0.1, 0.15) is 30.9 Å². The van der Waals surface area contributed by atoms with Crippen LogP contribution in [0, 0.1) is 6.92 Å². The average Bonchev–Trinajstić information content (AvgIpc) is 2.37. The number of pyridine rings is 1. The Balaban J connectivity index is 2.47. The lowest BCUT2D eigenvalue weighted by Gasteiger charge is -2.14. The van der Waals surface area contributed by atoms with Gasteiger partial charge in [0.05, 0.1) is 0 Å². The van der Waals surface area contributed by atoms with E-state index in [9.17, 15) is 9.59 Å². The van der Waals surface area contributed by atoms with E-state index in [2.05, 4.69) is 15.6 Å². The largest absolute Gasteiger partial charge is 0.480 e. The minimum absolute atomic E-state index is 0.323. The Labute approximate surface area is 112 Å².